The number of nitrogens with one attached hydrogen (secondary N) is 1. The maximum Gasteiger partial charge on any atom is 0.203 e. The van der Waals surface area contributed by atoms with Crippen molar-refractivity contribution in [1.82, 2.24) is 5.43 Å². The monoisotopic (exact) mass is 161 g/mol. The van der Waals surface area contributed by atoms with Crippen LogP contribution in [0.3, 0.4) is 0 Å². The summed E-state index contributed by atoms with van der Waals surface area (Å²) in [5.41, 5.74) is 7.50. The lowest BCUT2D eigenvalue weighted by Crippen LogP contribution is -2.25. The highest BCUT2D eigenvalue weighted by Crippen LogP contribution is 1.77. The lowest BCUT2D eigenvalue weighted by atomic mass is 10.7. The van der Waals surface area contributed by atoms with Crippen LogP contribution in [0.2, 0.25) is 0 Å². The van der Waals surface area contributed by atoms with Gasteiger partial charge in [-0.3, -0.25) is 5.43 Å². The normalized spacial score (nSPS) is 10.8. The van der Waals surface area contributed by atoms with Crippen LogP contribution in [0.25, 0.3) is 0 Å². The fraction of sp³-hybridized carbons (Fsp3) is 0.600. The first kappa shape index (κ1) is 9.16. The van der Waals surface area contributed by atoms with E-state index in [0.717, 1.165) is 0 Å². The van der Waals surface area contributed by atoms with Gasteiger partial charge in [0.1, 0.15) is 0 Å². The van der Waals surface area contributed by atoms with Gasteiger partial charge in [-0.1, -0.05) is 0 Å². The molecule has 0 atom stereocenters. The Morgan fingerprint density at radius 2 is 2.40 bits per heavy atom. The Bertz CT molecular complexity index is 146. The smallest absolute Gasteiger partial charge is 0.203 e. The molecular weight excluding hydrogens is 150 g/mol. The first-order chi connectivity index (χ1) is 4.66. The molecule has 0 aromatic rings. The van der Waals surface area contributed by atoms with Gasteiger partial charge in [0, 0.05) is 6.92 Å². The lowest BCUT2D eigenvalue weighted by molar-refractivity contribution is 0.322. The minimum atomic E-state index is 0.138. The summed E-state index contributed by atoms with van der Waals surface area (Å²) < 4.78 is 4.96. The van der Waals surface area contributed by atoms with Crippen LogP contribution in [0, 0.1) is 0 Å². The summed E-state index contributed by atoms with van der Waals surface area (Å²) >= 11 is 4.50. The summed E-state index contributed by atoms with van der Waals surface area (Å²) in [5.74, 6) is 0.523. The minimum absolute atomic E-state index is 0.138. The molecule has 0 aliphatic rings. The highest BCUT2D eigenvalue weighted by Gasteiger charge is 1.87. The lowest BCUT2D eigenvalue weighted by Gasteiger charge is -2.00. The van der Waals surface area contributed by atoms with Crippen LogP contribution in [0.4, 0.5) is 0 Å². The van der Waals surface area contributed by atoms with E-state index in [2.05, 4.69) is 22.7 Å². The van der Waals surface area contributed by atoms with E-state index in [-0.39, 0.29) is 5.11 Å². The number of ether oxygens (including phenoxy) is 1. The highest BCUT2D eigenvalue weighted by molar-refractivity contribution is 7.80. The SMILES string of the molecule is CCO/C(C)=N/NC(N)=S. The van der Waals surface area contributed by atoms with Gasteiger partial charge >= 0.3 is 0 Å². The number of hydrogen-bond acceptors (Lipinski definition) is 3. The second kappa shape index (κ2) is 4.99. The second-order valence-electron chi connectivity index (χ2n) is 1.54. The average Bonchev–Trinajstić information content (AvgIpc) is 1.85. The molecule has 0 saturated carbocycles. The number of hydrazone groups is 1. The molecule has 0 amide bonds. The quantitative estimate of drug-likeness (QED) is 0.263. The van der Waals surface area contributed by atoms with Crippen molar-refractivity contribution in [2.45, 2.75) is 13.8 Å². The van der Waals surface area contributed by atoms with Crippen LogP contribution in [0.5, 0.6) is 0 Å². The van der Waals surface area contributed by atoms with Crippen molar-refractivity contribution in [3.05, 3.63) is 0 Å². The Kier molecular flexibility index (Phi) is 4.57. The molecule has 0 bridgehead atoms. The van der Waals surface area contributed by atoms with Crippen molar-refractivity contribution in [2.24, 2.45) is 10.8 Å². The standard InChI is InChI=1S/C5H11N3OS/c1-3-9-4(2)7-8-5(6)10/h3H2,1-2H3,(H3,6,8,10)/b7-4+. The van der Waals surface area contributed by atoms with Crippen LogP contribution in [0.15, 0.2) is 5.10 Å². The summed E-state index contributed by atoms with van der Waals surface area (Å²) in [5, 5.41) is 3.83. The zero-order valence-electron chi connectivity index (χ0n) is 6.05. The van der Waals surface area contributed by atoms with Crippen molar-refractivity contribution < 1.29 is 4.74 Å². The topological polar surface area (TPSA) is 59.6 Å². The molecule has 0 aliphatic carbocycles. The van der Waals surface area contributed by atoms with E-state index in [0.29, 0.717) is 12.5 Å². The summed E-state index contributed by atoms with van der Waals surface area (Å²) in [6, 6.07) is 0. The van der Waals surface area contributed by atoms with Gasteiger partial charge in [0.15, 0.2) is 5.11 Å². The van der Waals surface area contributed by atoms with E-state index >= 15 is 0 Å². The Morgan fingerprint density at radius 3 is 2.80 bits per heavy atom. The molecule has 4 nitrogen and oxygen atoms in total. The molecule has 0 aliphatic heterocycles. The molecule has 0 fully saturated rings. The third kappa shape index (κ3) is 5.30. The Labute approximate surface area is 65.4 Å². The van der Waals surface area contributed by atoms with Gasteiger partial charge < -0.3 is 10.5 Å². The molecule has 0 heterocycles. The van der Waals surface area contributed by atoms with Crippen molar-refractivity contribution in [2.75, 3.05) is 6.61 Å². The van der Waals surface area contributed by atoms with Gasteiger partial charge in [-0.25, -0.2) is 0 Å². The van der Waals surface area contributed by atoms with Crippen molar-refractivity contribution in [1.29, 1.82) is 0 Å². The summed E-state index contributed by atoms with van der Waals surface area (Å²) in [7, 11) is 0. The zero-order valence-corrected chi connectivity index (χ0v) is 6.86. The Morgan fingerprint density at radius 1 is 1.80 bits per heavy atom. The molecule has 0 rings (SSSR count). The molecule has 0 radical (unpaired) electrons. The fourth-order valence-corrected chi connectivity index (χ4v) is 0.421. The second-order valence-corrected chi connectivity index (χ2v) is 1.98. The number of nitrogens with zero attached hydrogens (tertiary/aromatic N) is 1. The number of rotatable bonds is 2. The number of thiocarbonyl (C=S) groups is 1. The highest BCUT2D eigenvalue weighted by atomic mass is 32.1. The molecule has 0 aromatic heterocycles. The minimum Gasteiger partial charge on any atom is -0.480 e. The molecule has 5 heteroatoms. The van der Waals surface area contributed by atoms with Crippen molar-refractivity contribution in [3.8, 4) is 0 Å². The number of nitrogens with two attached hydrogens (primary N) is 1. The molecule has 0 unspecified atom stereocenters. The van der Waals surface area contributed by atoms with E-state index in [1.807, 2.05) is 6.92 Å². The van der Waals surface area contributed by atoms with Gasteiger partial charge in [-0.05, 0) is 19.1 Å². The molecule has 3 N–H and O–H groups in total. The third-order valence-electron chi connectivity index (χ3n) is 0.677. The van der Waals surface area contributed by atoms with Gasteiger partial charge in [-0.15, -0.1) is 5.10 Å². The largest absolute Gasteiger partial charge is 0.480 e. The maximum atomic E-state index is 5.09. The Balaban J connectivity index is 3.57. The maximum absolute atomic E-state index is 5.09. The van der Waals surface area contributed by atoms with Crippen molar-refractivity contribution >= 4 is 23.2 Å². The molecule has 58 valence electrons. The fourth-order valence-electron chi connectivity index (χ4n) is 0.375. The van der Waals surface area contributed by atoms with Crippen LogP contribution in [-0.2, 0) is 4.74 Å². The molecule has 0 spiro atoms. The van der Waals surface area contributed by atoms with Crippen LogP contribution in [-0.4, -0.2) is 17.6 Å². The molecule has 0 saturated heterocycles. The average molecular weight is 161 g/mol. The molecule has 0 aromatic carbocycles. The predicted molar refractivity (Wildman–Crippen MR) is 44.7 cm³/mol. The Hall–Kier alpha value is -0.840. The van der Waals surface area contributed by atoms with Gasteiger partial charge in [-0.2, -0.15) is 0 Å². The molecular formula is C5H11N3OS. The summed E-state index contributed by atoms with van der Waals surface area (Å²) in [4.78, 5) is 0. The van der Waals surface area contributed by atoms with Gasteiger partial charge in [0.05, 0.1) is 6.61 Å². The zero-order chi connectivity index (χ0) is 7.98. The van der Waals surface area contributed by atoms with Crippen LogP contribution in [0.1, 0.15) is 13.8 Å². The van der Waals surface area contributed by atoms with Gasteiger partial charge in [0.25, 0.3) is 0 Å². The van der Waals surface area contributed by atoms with Crippen LogP contribution >= 0.6 is 12.2 Å². The summed E-state index contributed by atoms with van der Waals surface area (Å²) in [6.45, 7) is 4.18. The number of hydrogen-bond donors (Lipinski definition) is 2. The molecule has 10 heavy (non-hydrogen) atoms. The first-order valence-electron chi connectivity index (χ1n) is 2.89. The van der Waals surface area contributed by atoms with Crippen molar-refractivity contribution in [3.63, 3.8) is 0 Å². The first-order valence-corrected chi connectivity index (χ1v) is 3.30. The van der Waals surface area contributed by atoms with E-state index < -0.39 is 0 Å². The van der Waals surface area contributed by atoms with E-state index in [9.17, 15) is 0 Å². The third-order valence-corrected chi connectivity index (χ3v) is 0.768. The predicted octanol–water partition coefficient (Wildman–Crippen LogP) is 0.189. The van der Waals surface area contributed by atoms with E-state index in [1.54, 1.807) is 6.92 Å². The van der Waals surface area contributed by atoms with Gasteiger partial charge in [0.2, 0.25) is 5.90 Å². The van der Waals surface area contributed by atoms with E-state index in [1.165, 1.54) is 0 Å². The van der Waals surface area contributed by atoms with Crippen LogP contribution < -0.4 is 11.2 Å². The van der Waals surface area contributed by atoms with E-state index in [4.69, 9.17) is 10.5 Å². The summed E-state index contributed by atoms with van der Waals surface area (Å²) in [6.07, 6.45) is 0.